The third kappa shape index (κ3) is 2.73. The van der Waals surface area contributed by atoms with Crippen LogP contribution in [0.25, 0.3) is 0 Å². The molecule has 20 heavy (non-hydrogen) atoms. The van der Waals surface area contributed by atoms with Crippen molar-refractivity contribution in [2.75, 3.05) is 0 Å². The van der Waals surface area contributed by atoms with Crippen molar-refractivity contribution in [3.63, 3.8) is 0 Å². The zero-order valence-corrected chi connectivity index (χ0v) is 10.6. The van der Waals surface area contributed by atoms with E-state index in [1.165, 1.54) is 0 Å². The van der Waals surface area contributed by atoms with Gasteiger partial charge < -0.3 is 20.4 Å². The van der Waals surface area contributed by atoms with Crippen LogP contribution in [0.2, 0.25) is 0 Å². The van der Waals surface area contributed by atoms with Gasteiger partial charge in [0.1, 0.15) is 0 Å². The first-order chi connectivity index (χ1) is 9.23. The molecule has 1 fully saturated rings. The van der Waals surface area contributed by atoms with E-state index in [1.54, 1.807) is 0 Å². The summed E-state index contributed by atoms with van der Waals surface area (Å²) in [6.45, 7) is 0. The Hall–Kier alpha value is -2.12. The van der Waals surface area contributed by atoms with Crippen molar-refractivity contribution in [1.29, 1.82) is 0 Å². The highest BCUT2D eigenvalue weighted by Crippen LogP contribution is 2.41. The molecule has 1 aliphatic carbocycles. The first-order valence-electron chi connectivity index (χ1n) is 6.16. The number of carboxylic acids is 4. The maximum absolute atomic E-state index is 11.4. The zero-order chi connectivity index (χ0) is 15.5. The van der Waals surface area contributed by atoms with Gasteiger partial charge in [0.2, 0.25) is 0 Å². The Balaban J connectivity index is 3.21. The lowest BCUT2D eigenvalue weighted by atomic mass is 9.67. The third-order valence-corrected chi connectivity index (χ3v) is 3.94. The van der Waals surface area contributed by atoms with Gasteiger partial charge in [0.15, 0.2) is 5.41 Å². The molecule has 8 heteroatoms. The fraction of sp³-hybridized carbons (Fsp3) is 0.667. The van der Waals surface area contributed by atoms with Crippen molar-refractivity contribution >= 4 is 23.9 Å². The molecule has 1 saturated carbocycles. The molecule has 1 aliphatic rings. The van der Waals surface area contributed by atoms with Crippen LogP contribution in [0.15, 0.2) is 0 Å². The van der Waals surface area contributed by atoms with Crippen molar-refractivity contribution in [2.24, 2.45) is 17.3 Å². The molecule has 1 rings (SSSR count). The molecule has 0 aliphatic heterocycles. The van der Waals surface area contributed by atoms with Crippen LogP contribution < -0.4 is 0 Å². The van der Waals surface area contributed by atoms with Gasteiger partial charge in [-0.15, -0.1) is 0 Å². The van der Waals surface area contributed by atoms with Crippen molar-refractivity contribution in [3.05, 3.63) is 0 Å². The highest BCUT2D eigenvalue weighted by atomic mass is 16.4. The van der Waals surface area contributed by atoms with Crippen molar-refractivity contribution in [1.82, 2.24) is 0 Å². The van der Waals surface area contributed by atoms with Crippen LogP contribution in [0.3, 0.4) is 0 Å². The summed E-state index contributed by atoms with van der Waals surface area (Å²) in [6.07, 6.45) is -0.467. The summed E-state index contributed by atoms with van der Waals surface area (Å²) in [7, 11) is 0. The summed E-state index contributed by atoms with van der Waals surface area (Å²) in [4.78, 5) is 45.0. The number of hydrogen-bond donors (Lipinski definition) is 4. The Morgan fingerprint density at radius 1 is 0.800 bits per heavy atom. The van der Waals surface area contributed by atoms with Crippen LogP contribution in [-0.4, -0.2) is 44.3 Å². The molecule has 0 heterocycles. The van der Waals surface area contributed by atoms with Gasteiger partial charge in [-0.25, -0.2) is 0 Å². The summed E-state index contributed by atoms with van der Waals surface area (Å²) in [5.74, 6) is -8.48. The van der Waals surface area contributed by atoms with E-state index in [0.29, 0.717) is 0 Å². The molecule has 0 bridgehead atoms. The summed E-state index contributed by atoms with van der Waals surface area (Å²) in [5.41, 5.74) is -2.47. The molecule has 0 radical (unpaired) electrons. The predicted molar refractivity (Wildman–Crippen MR) is 63.0 cm³/mol. The number of hydrogen-bond acceptors (Lipinski definition) is 4. The zero-order valence-electron chi connectivity index (χ0n) is 10.6. The van der Waals surface area contributed by atoms with E-state index >= 15 is 0 Å². The highest BCUT2D eigenvalue weighted by Gasteiger charge is 2.56. The van der Waals surface area contributed by atoms with Crippen molar-refractivity contribution < 1.29 is 39.6 Å². The molecule has 112 valence electrons. The molecule has 4 N–H and O–H groups in total. The van der Waals surface area contributed by atoms with Crippen LogP contribution in [-0.2, 0) is 19.2 Å². The predicted octanol–water partition coefficient (Wildman–Crippen LogP) is 0.508. The van der Waals surface area contributed by atoms with E-state index in [9.17, 15) is 29.4 Å². The normalized spacial score (nSPS) is 26.0. The lowest BCUT2D eigenvalue weighted by Gasteiger charge is -2.33. The summed E-state index contributed by atoms with van der Waals surface area (Å²) in [6, 6.07) is 0. The molecular formula is C12H16O8. The fourth-order valence-corrected chi connectivity index (χ4v) is 2.72. The molecule has 0 aromatic rings. The van der Waals surface area contributed by atoms with Gasteiger partial charge in [0.05, 0.1) is 11.8 Å². The topological polar surface area (TPSA) is 149 Å². The van der Waals surface area contributed by atoms with Gasteiger partial charge in [-0.1, -0.05) is 6.42 Å². The maximum Gasteiger partial charge on any atom is 0.321 e. The Morgan fingerprint density at radius 2 is 1.35 bits per heavy atom. The van der Waals surface area contributed by atoms with E-state index in [-0.39, 0.29) is 25.7 Å². The Labute approximate surface area is 114 Å². The number of rotatable bonds is 4. The largest absolute Gasteiger partial charge is 0.481 e. The average molecular weight is 288 g/mol. The minimum absolute atomic E-state index is 0.163. The molecule has 8 nitrogen and oxygen atoms in total. The summed E-state index contributed by atoms with van der Waals surface area (Å²) >= 11 is 0. The minimum Gasteiger partial charge on any atom is -0.481 e. The Kier molecular flexibility index (Phi) is 4.69. The second-order valence-corrected chi connectivity index (χ2v) is 4.98. The van der Waals surface area contributed by atoms with E-state index in [2.05, 4.69) is 0 Å². The Bertz CT molecular complexity index is 427. The van der Waals surface area contributed by atoms with Gasteiger partial charge in [-0.3, -0.25) is 19.2 Å². The minimum atomic E-state index is -2.47. The van der Waals surface area contributed by atoms with Gasteiger partial charge >= 0.3 is 23.9 Å². The second-order valence-electron chi connectivity index (χ2n) is 4.98. The number of carbonyl (C=O) groups is 4. The van der Waals surface area contributed by atoms with E-state index in [4.69, 9.17) is 10.2 Å². The van der Waals surface area contributed by atoms with E-state index in [1.807, 2.05) is 0 Å². The van der Waals surface area contributed by atoms with Crippen LogP contribution in [0, 0.1) is 17.3 Å². The highest BCUT2D eigenvalue weighted by molar-refractivity contribution is 6.02. The molecule has 0 aromatic carbocycles. The Morgan fingerprint density at radius 3 is 1.75 bits per heavy atom. The third-order valence-electron chi connectivity index (χ3n) is 3.94. The van der Waals surface area contributed by atoms with Crippen molar-refractivity contribution in [3.8, 4) is 0 Å². The molecular weight excluding hydrogens is 272 g/mol. The van der Waals surface area contributed by atoms with Gasteiger partial charge in [0, 0.05) is 0 Å². The van der Waals surface area contributed by atoms with Gasteiger partial charge in [0.25, 0.3) is 0 Å². The molecule has 0 spiro atoms. The van der Waals surface area contributed by atoms with Crippen LogP contribution >= 0.6 is 0 Å². The summed E-state index contributed by atoms with van der Waals surface area (Å²) < 4.78 is 0. The maximum atomic E-state index is 11.4. The molecule has 2 atom stereocenters. The fourth-order valence-electron chi connectivity index (χ4n) is 2.72. The lowest BCUT2D eigenvalue weighted by Crippen LogP contribution is -2.50. The van der Waals surface area contributed by atoms with Crippen molar-refractivity contribution in [2.45, 2.75) is 32.1 Å². The smallest absolute Gasteiger partial charge is 0.321 e. The molecule has 0 amide bonds. The first kappa shape index (κ1) is 15.9. The molecule has 2 unspecified atom stereocenters. The van der Waals surface area contributed by atoms with E-state index < -0.39 is 47.5 Å². The lowest BCUT2D eigenvalue weighted by molar-refractivity contribution is -0.178. The second kappa shape index (κ2) is 5.89. The van der Waals surface area contributed by atoms with Crippen LogP contribution in [0.5, 0.6) is 0 Å². The van der Waals surface area contributed by atoms with Crippen LogP contribution in [0.1, 0.15) is 32.1 Å². The molecule has 0 saturated heterocycles. The van der Waals surface area contributed by atoms with Gasteiger partial charge in [-0.2, -0.15) is 0 Å². The first-order valence-corrected chi connectivity index (χ1v) is 6.16. The van der Waals surface area contributed by atoms with Gasteiger partial charge in [-0.05, 0) is 25.7 Å². The van der Waals surface area contributed by atoms with Crippen LogP contribution in [0.4, 0.5) is 0 Å². The van der Waals surface area contributed by atoms with E-state index in [0.717, 1.165) is 0 Å². The SMILES string of the molecule is O=C(O)C1CCCC(C(=O)O)C(C(=O)O)(C(=O)O)CC1. The standard InChI is InChI=1S/C12H16O8/c13-8(14)6-2-1-3-7(9(15)16)12(5-4-6,10(17)18)11(19)20/h6-7H,1-5H2,(H,13,14)(H,15,16)(H,17,18)(H,19,20). The molecule has 0 aromatic heterocycles. The average Bonchev–Trinajstić information content (AvgIpc) is 2.26. The quantitative estimate of drug-likeness (QED) is 0.546. The number of aliphatic carboxylic acids is 4. The summed E-state index contributed by atoms with van der Waals surface area (Å²) in [5, 5.41) is 36.5. The monoisotopic (exact) mass is 288 g/mol. The number of carboxylic acid groups (broad SMARTS) is 4.